The third-order valence-electron chi connectivity index (χ3n) is 3.86. The molecule has 0 spiro atoms. The van der Waals surface area contributed by atoms with Crippen molar-refractivity contribution in [1.82, 2.24) is 5.32 Å². The Balaban J connectivity index is 1.88. The fourth-order valence-electron chi connectivity index (χ4n) is 2.42. The van der Waals surface area contributed by atoms with E-state index in [-0.39, 0.29) is 18.4 Å². The Kier molecular flexibility index (Phi) is 8.10. The summed E-state index contributed by atoms with van der Waals surface area (Å²) in [5.74, 6) is -0.401. The van der Waals surface area contributed by atoms with Gasteiger partial charge in [-0.2, -0.15) is 0 Å². The van der Waals surface area contributed by atoms with Crippen LogP contribution < -0.4 is 16.0 Å². The molecule has 2 rings (SSSR count). The van der Waals surface area contributed by atoms with E-state index < -0.39 is 0 Å². The maximum absolute atomic E-state index is 12.2. The molecule has 2 aromatic carbocycles. The van der Waals surface area contributed by atoms with E-state index in [4.69, 9.17) is 16.3 Å². The van der Waals surface area contributed by atoms with Gasteiger partial charge in [0.1, 0.15) is 0 Å². The van der Waals surface area contributed by atoms with Gasteiger partial charge in [-0.25, -0.2) is 0 Å². The molecule has 0 aliphatic rings. The largest absolute Gasteiger partial charge is 0.385 e. The number of carbonyl (C=O) groups excluding carboxylic acids is 2. The highest BCUT2D eigenvalue weighted by Gasteiger charge is 2.08. The predicted molar refractivity (Wildman–Crippen MR) is 109 cm³/mol. The quantitative estimate of drug-likeness (QED) is 0.574. The highest BCUT2D eigenvalue weighted by Crippen LogP contribution is 2.20. The monoisotopic (exact) mass is 389 g/mol. The fraction of sp³-hybridized carbons (Fsp3) is 0.300. The number of methoxy groups -OCH3 is 1. The first-order chi connectivity index (χ1) is 13.0. The van der Waals surface area contributed by atoms with Crippen LogP contribution in [-0.4, -0.2) is 38.6 Å². The lowest BCUT2D eigenvalue weighted by Crippen LogP contribution is -2.25. The summed E-state index contributed by atoms with van der Waals surface area (Å²) in [6.45, 7) is 3.15. The standard InChI is InChI=1S/C20H24ClN3O3/c1-14-7-8-16(21)12-18(14)23-13-19(25)24-17-6-3-5-15(11-17)20(26)22-9-4-10-27-2/h3,5-8,11-12,23H,4,9-10,13H2,1-2H3,(H,22,26)(H,24,25). The first-order valence-electron chi connectivity index (χ1n) is 8.66. The second-order valence-electron chi connectivity index (χ2n) is 6.04. The van der Waals surface area contributed by atoms with E-state index in [1.165, 1.54) is 0 Å². The van der Waals surface area contributed by atoms with Crippen LogP contribution in [0.2, 0.25) is 5.02 Å². The van der Waals surface area contributed by atoms with Gasteiger partial charge in [0.05, 0.1) is 6.54 Å². The third kappa shape index (κ3) is 6.92. The SMILES string of the molecule is COCCCNC(=O)c1cccc(NC(=O)CNc2cc(Cl)ccc2C)c1. The van der Waals surface area contributed by atoms with E-state index in [0.29, 0.717) is 29.4 Å². The van der Waals surface area contributed by atoms with Crippen LogP contribution in [0.15, 0.2) is 42.5 Å². The number of anilines is 2. The first-order valence-corrected chi connectivity index (χ1v) is 9.04. The Morgan fingerprint density at radius 1 is 1.15 bits per heavy atom. The summed E-state index contributed by atoms with van der Waals surface area (Å²) in [6, 6.07) is 12.3. The van der Waals surface area contributed by atoms with Crippen LogP contribution >= 0.6 is 11.6 Å². The van der Waals surface area contributed by atoms with Crippen LogP contribution in [0.4, 0.5) is 11.4 Å². The van der Waals surface area contributed by atoms with Gasteiger partial charge >= 0.3 is 0 Å². The fourth-order valence-corrected chi connectivity index (χ4v) is 2.60. The molecule has 27 heavy (non-hydrogen) atoms. The van der Waals surface area contributed by atoms with Gasteiger partial charge in [0.15, 0.2) is 0 Å². The molecular formula is C20H24ClN3O3. The van der Waals surface area contributed by atoms with Crippen LogP contribution in [0, 0.1) is 6.92 Å². The average molecular weight is 390 g/mol. The average Bonchev–Trinajstić information content (AvgIpc) is 2.66. The van der Waals surface area contributed by atoms with Crippen molar-refractivity contribution in [1.29, 1.82) is 0 Å². The minimum atomic E-state index is -0.216. The summed E-state index contributed by atoms with van der Waals surface area (Å²) in [7, 11) is 1.62. The minimum Gasteiger partial charge on any atom is -0.385 e. The second-order valence-corrected chi connectivity index (χ2v) is 6.48. The van der Waals surface area contributed by atoms with Crippen molar-refractivity contribution in [3.8, 4) is 0 Å². The highest BCUT2D eigenvalue weighted by molar-refractivity contribution is 6.30. The maximum Gasteiger partial charge on any atom is 0.251 e. The Bertz CT molecular complexity index is 796. The zero-order valence-electron chi connectivity index (χ0n) is 15.5. The van der Waals surface area contributed by atoms with E-state index in [2.05, 4.69) is 16.0 Å². The van der Waals surface area contributed by atoms with Crippen LogP contribution in [0.25, 0.3) is 0 Å². The number of hydrogen-bond acceptors (Lipinski definition) is 4. The maximum atomic E-state index is 12.2. The van der Waals surface area contributed by atoms with Crippen molar-refractivity contribution in [3.05, 3.63) is 58.6 Å². The topological polar surface area (TPSA) is 79.5 Å². The molecule has 0 saturated heterocycles. The Morgan fingerprint density at radius 2 is 1.96 bits per heavy atom. The molecule has 0 heterocycles. The normalized spacial score (nSPS) is 10.3. The molecule has 7 heteroatoms. The molecule has 3 N–H and O–H groups in total. The van der Waals surface area contributed by atoms with Gasteiger partial charge in [0, 0.05) is 42.2 Å². The summed E-state index contributed by atoms with van der Waals surface area (Å²) in [4.78, 5) is 24.3. The number of amides is 2. The van der Waals surface area contributed by atoms with E-state index in [0.717, 1.165) is 17.7 Å². The van der Waals surface area contributed by atoms with Crippen LogP contribution in [0.1, 0.15) is 22.3 Å². The van der Waals surface area contributed by atoms with Gasteiger partial charge in [-0.05, 0) is 49.2 Å². The summed E-state index contributed by atoms with van der Waals surface area (Å²) in [5.41, 5.74) is 2.86. The van der Waals surface area contributed by atoms with Crippen molar-refractivity contribution in [2.24, 2.45) is 0 Å². The van der Waals surface area contributed by atoms with E-state index in [1.54, 1.807) is 43.5 Å². The zero-order valence-corrected chi connectivity index (χ0v) is 16.2. The number of rotatable bonds is 9. The molecule has 0 unspecified atom stereocenters. The van der Waals surface area contributed by atoms with Gasteiger partial charge in [-0.15, -0.1) is 0 Å². The molecule has 0 bridgehead atoms. The van der Waals surface area contributed by atoms with Crippen molar-refractivity contribution in [2.45, 2.75) is 13.3 Å². The van der Waals surface area contributed by atoms with E-state index in [9.17, 15) is 9.59 Å². The van der Waals surface area contributed by atoms with Gasteiger partial charge in [0.25, 0.3) is 5.91 Å². The smallest absolute Gasteiger partial charge is 0.251 e. The van der Waals surface area contributed by atoms with Crippen molar-refractivity contribution in [2.75, 3.05) is 37.4 Å². The van der Waals surface area contributed by atoms with Crippen molar-refractivity contribution >= 4 is 34.8 Å². The summed E-state index contributed by atoms with van der Waals surface area (Å²) in [6.07, 6.45) is 0.743. The van der Waals surface area contributed by atoms with Crippen molar-refractivity contribution in [3.63, 3.8) is 0 Å². The lowest BCUT2D eigenvalue weighted by Gasteiger charge is -2.11. The third-order valence-corrected chi connectivity index (χ3v) is 4.09. The Morgan fingerprint density at radius 3 is 2.74 bits per heavy atom. The number of aryl methyl sites for hydroxylation is 1. The lowest BCUT2D eigenvalue weighted by molar-refractivity contribution is -0.114. The van der Waals surface area contributed by atoms with Gasteiger partial charge in [-0.3, -0.25) is 9.59 Å². The van der Waals surface area contributed by atoms with Crippen LogP contribution in [0.5, 0.6) is 0 Å². The van der Waals surface area contributed by atoms with Gasteiger partial charge < -0.3 is 20.7 Å². The molecule has 0 saturated carbocycles. The minimum absolute atomic E-state index is 0.0919. The number of hydrogen-bond donors (Lipinski definition) is 3. The lowest BCUT2D eigenvalue weighted by atomic mass is 10.2. The Hall–Kier alpha value is -2.57. The molecule has 0 radical (unpaired) electrons. The molecule has 144 valence electrons. The summed E-state index contributed by atoms with van der Waals surface area (Å²) < 4.78 is 4.95. The highest BCUT2D eigenvalue weighted by atomic mass is 35.5. The number of halogens is 1. The van der Waals surface area contributed by atoms with Crippen LogP contribution in [-0.2, 0) is 9.53 Å². The zero-order chi connectivity index (χ0) is 19.6. The predicted octanol–water partition coefficient (Wildman–Crippen LogP) is 3.47. The van der Waals surface area contributed by atoms with E-state index in [1.807, 2.05) is 13.0 Å². The molecule has 2 aromatic rings. The molecule has 0 fully saturated rings. The molecule has 0 atom stereocenters. The molecule has 0 aliphatic heterocycles. The number of carbonyl (C=O) groups is 2. The number of nitrogens with one attached hydrogen (secondary N) is 3. The number of ether oxygens (including phenoxy) is 1. The number of benzene rings is 2. The first kappa shape index (κ1) is 20.7. The second kappa shape index (κ2) is 10.5. The summed E-state index contributed by atoms with van der Waals surface area (Å²) >= 11 is 5.98. The molecule has 0 aromatic heterocycles. The van der Waals surface area contributed by atoms with Crippen molar-refractivity contribution < 1.29 is 14.3 Å². The van der Waals surface area contributed by atoms with Gasteiger partial charge in [0.2, 0.25) is 5.91 Å². The van der Waals surface area contributed by atoms with Gasteiger partial charge in [-0.1, -0.05) is 23.7 Å². The molecule has 2 amide bonds. The molecule has 6 nitrogen and oxygen atoms in total. The summed E-state index contributed by atoms with van der Waals surface area (Å²) in [5, 5.41) is 9.27. The van der Waals surface area contributed by atoms with Crippen LogP contribution in [0.3, 0.4) is 0 Å². The van der Waals surface area contributed by atoms with E-state index >= 15 is 0 Å². The molecular weight excluding hydrogens is 366 g/mol. The Labute approximate surface area is 164 Å². The molecule has 0 aliphatic carbocycles.